The number of carboxylic acids is 1. The summed E-state index contributed by atoms with van der Waals surface area (Å²) >= 11 is 0. The molecule has 11 nitrogen and oxygen atoms in total. The summed E-state index contributed by atoms with van der Waals surface area (Å²) in [5.41, 5.74) is 0. The monoisotopic (exact) mass is 895 g/mol. The first kappa shape index (κ1) is 57.9. The molecule has 0 radical (unpaired) electrons. The van der Waals surface area contributed by atoms with Gasteiger partial charge in [-0.25, -0.2) is 4.79 Å². The lowest BCUT2D eigenvalue weighted by molar-refractivity contribution is -0.298. The van der Waals surface area contributed by atoms with Gasteiger partial charge in [0.15, 0.2) is 18.5 Å². The van der Waals surface area contributed by atoms with Crippen molar-refractivity contribution in [2.24, 2.45) is 0 Å². The van der Waals surface area contributed by atoms with Crippen molar-refractivity contribution in [3.8, 4) is 0 Å². The van der Waals surface area contributed by atoms with Gasteiger partial charge in [0.2, 0.25) is 0 Å². The summed E-state index contributed by atoms with van der Waals surface area (Å²) in [5.74, 6) is -2.58. The first-order valence-corrected chi connectivity index (χ1v) is 23.9. The minimum atomic E-state index is -1.88. The molecule has 0 aromatic carbocycles. The van der Waals surface area contributed by atoms with Gasteiger partial charge in [-0.2, -0.15) is 0 Å². The standard InChI is InChI=1S/C53H82O11/c1-3-5-7-9-11-13-15-17-19-21-23-25-27-29-31-33-35-37-39-41-46(54)61-43-45(44-62-53-50(58)48(56)49(57)51(64-53)52(59)60)63-47(55)42-40-38-36-34-32-30-28-26-24-22-20-18-16-14-12-10-8-6-4-2/h5,7,11-14,17-20,23-26,29,31,35,37,45,48-51,53,56-58H,3-4,6,8-10,15-16,21-22,27-28,30,32-34,36,38-44H2,1-2H3,(H,59,60)/b7-5-,13-11-,14-12-,19-17-,20-18-,25-23-,26-24-,31-29-,37-35-. The summed E-state index contributed by atoms with van der Waals surface area (Å²) < 4.78 is 21.7. The van der Waals surface area contributed by atoms with Crippen molar-refractivity contribution in [3.63, 3.8) is 0 Å². The molecule has 4 N–H and O–H groups in total. The van der Waals surface area contributed by atoms with E-state index in [4.69, 9.17) is 18.9 Å². The van der Waals surface area contributed by atoms with Crippen LogP contribution in [0, 0.1) is 0 Å². The highest BCUT2D eigenvalue weighted by Crippen LogP contribution is 2.23. The van der Waals surface area contributed by atoms with Gasteiger partial charge in [0.1, 0.15) is 24.9 Å². The molecule has 1 saturated heterocycles. The molecule has 6 atom stereocenters. The van der Waals surface area contributed by atoms with Gasteiger partial charge in [0.05, 0.1) is 6.61 Å². The van der Waals surface area contributed by atoms with Crippen molar-refractivity contribution in [1.29, 1.82) is 0 Å². The SMILES string of the molecule is CC/C=C\C/C=C\C/C=C\C/C=C\C/C=C\C/C=C\CCC(=O)OCC(COC1OC(C(=O)O)C(O)C(O)C1O)OC(=O)CCCCCCCC/C=C\C/C=C\C/C=C\CCCCC. The third-order valence-electron chi connectivity index (χ3n) is 10.1. The number of ether oxygens (including phenoxy) is 4. The minimum Gasteiger partial charge on any atom is -0.479 e. The molecule has 0 bridgehead atoms. The van der Waals surface area contributed by atoms with Crippen molar-refractivity contribution in [1.82, 2.24) is 0 Å². The van der Waals surface area contributed by atoms with Crippen LogP contribution in [-0.4, -0.2) is 88.4 Å². The Kier molecular flexibility index (Phi) is 37.6. The van der Waals surface area contributed by atoms with E-state index < -0.39 is 61.3 Å². The summed E-state index contributed by atoms with van der Waals surface area (Å²) in [6.45, 7) is 3.59. The Hall–Kier alpha value is -4.13. The molecule has 0 aromatic rings. The normalized spacial score (nSPS) is 20.3. The molecular weight excluding hydrogens is 813 g/mol. The first-order chi connectivity index (χ1) is 31.2. The summed E-state index contributed by atoms with van der Waals surface area (Å²) in [4.78, 5) is 36.9. The average Bonchev–Trinajstić information content (AvgIpc) is 3.28. The third-order valence-corrected chi connectivity index (χ3v) is 10.1. The predicted octanol–water partition coefficient (Wildman–Crippen LogP) is 11.0. The Balaban J connectivity index is 2.42. The smallest absolute Gasteiger partial charge is 0.335 e. The number of unbranched alkanes of at least 4 members (excludes halogenated alkanes) is 9. The fourth-order valence-electron chi connectivity index (χ4n) is 6.38. The molecule has 64 heavy (non-hydrogen) atoms. The van der Waals surface area contributed by atoms with E-state index in [0.717, 1.165) is 89.9 Å². The zero-order chi connectivity index (χ0) is 46.7. The van der Waals surface area contributed by atoms with Gasteiger partial charge in [-0.1, -0.05) is 162 Å². The van der Waals surface area contributed by atoms with Crippen LogP contribution in [0.4, 0.5) is 0 Å². The van der Waals surface area contributed by atoms with Crippen LogP contribution in [0.2, 0.25) is 0 Å². The van der Waals surface area contributed by atoms with Crippen molar-refractivity contribution < 1.29 is 53.8 Å². The molecule has 0 spiro atoms. The second-order valence-corrected chi connectivity index (χ2v) is 15.9. The van der Waals surface area contributed by atoms with E-state index in [1.165, 1.54) is 25.7 Å². The molecule has 0 aliphatic carbocycles. The Morgan fingerprint density at radius 1 is 0.500 bits per heavy atom. The molecule has 0 aromatic heterocycles. The number of hydrogen-bond donors (Lipinski definition) is 4. The Labute approximate surface area is 385 Å². The number of aliphatic hydroxyl groups is 3. The number of carboxylic acid groups (broad SMARTS) is 1. The molecule has 11 heteroatoms. The molecule has 0 amide bonds. The summed E-state index contributed by atoms with van der Waals surface area (Å²) in [7, 11) is 0. The van der Waals surface area contributed by atoms with Gasteiger partial charge in [-0.05, 0) is 89.9 Å². The van der Waals surface area contributed by atoms with E-state index in [-0.39, 0.29) is 19.4 Å². The quantitative estimate of drug-likeness (QED) is 0.0264. The number of allylic oxidation sites excluding steroid dienone is 18. The van der Waals surface area contributed by atoms with Gasteiger partial charge in [-0.15, -0.1) is 0 Å². The van der Waals surface area contributed by atoms with Crippen LogP contribution < -0.4 is 0 Å². The molecule has 1 aliphatic rings. The Bertz CT molecular complexity index is 1470. The number of esters is 2. The lowest BCUT2D eigenvalue weighted by Crippen LogP contribution is -2.60. The number of carbonyl (C=O) groups is 3. The molecule has 1 fully saturated rings. The van der Waals surface area contributed by atoms with E-state index in [2.05, 4.69) is 111 Å². The maximum absolute atomic E-state index is 12.8. The van der Waals surface area contributed by atoms with E-state index in [1.54, 1.807) is 0 Å². The minimum absolute atomic E-state index is 0.101. The van der Waals surface area contributed by atoms with Gasteiger partial charge in [0, 0.05) is 12.8 Å². The maximum atomic E-state index is 12.8. The number of carbonyl (C=O) groups excluding carboxylic acids is 2. The van der Waals surface area contributed by atoms with E-state index in [0.29, 0.717) is 12.8 Å². The summed E-state index contributed by atoms with van der Waals surface area (Å²) in [5, 5.41) is 39.9. The van der Waals surface area contributed by atoms with Gasteiger partial charge >= 0.3 is 17.9 Å². The topological polar surface area (TPSA) is 169 Å². The number of aliphatic carboxylic acids is 1. The van der Waals surface area contributed by atoms with Crippen LogP contribution in [0.5, 0.6) is 0 Å². The van der Waals surface area contributed by atoms with Gasteiger partial charge in [-0.3, -0.25) is 9.59 Å². The van der Waals surface area contributed by atoms with E-state index in [9.17, 15) is 34.8 Å². The molecule has 1 aliphatic heterocycles. The maximum Gasteiger partial charge on any atom is 0.335 e. The molecule has 360 valence electrons. The van der Waals surface area contributed by atoms with Gasteiger partial charge in [0.25, 0.3) is 0 Å². The number of rotatable bonds is 38. The van der Waals surface area contributed by atoms with Crippen molar-refractivity contribution in [2.45, 2.75) is 192 Å². The third kappa shape index (κ3) is 32.5. The lowest BCUT2D eigenvalue weighted by atomic mass is 9.99. The van der Waals surface area contributed by atoms with Crippen LogP contribution in [-0.2, 0) is 33.3 Å². The van der Waals surface area contributed by atoms with Crippen molar-refractivity contribution in [3.05, 3.63) is 109 Å². The molecule has 1 heterocycles. The van der Waals surface area contributed by atoms with Crippen LogP contribution in [0.15, 0.2) is 109 Å². The van der Waals surface area contributed by atoms with Crippen molar-refractivity contribution >= 4 is 17.9 Å². The van der Waals surface area contributed by atoms with E-state index >= 15 is 0 Å². The highest BCUT2D eigenvalue weighted by Gasteiger charge is 2.47. The van der Waals surface area contributed by atoms with E-state index in [1.807, 2.05) is 12.2 Å². The largest absolute Gasteiger partial charge is 0.479 e. The Morgan fingerprint density at radius 2 is 0.953 bits per heavy atom. The first-order valence-electron chi connectivity index (χ1n) is 23.9. The van der Waals surface area contributed by atoms with Crippen LogP contribution in [0.3, 0.4) is 0 Å². The zero-order valence-corrected chi connectivity index (χ0v) is 39.0. The molecular formula is C53H82O11. The highest BCUT2D eigenvalue weighted by atomic mass is 16.7. The Morgan fingerprint density at radius 3 is 1.45 bits per heavy atom. The van der Waals surface area contributed by atoms with Crippen molar-refractivity contribution in [2.75, 3.05) is 13.2 Å². The number of hydrogen-bond acceptors (Lipinski definition) is 10. The molecule has 1 rings (SSSR count). The second-order valence-electron chi connectivity index (χ2n) is 15.9. The fourth-order valence-corrected chi connectivity index (χ4v) is 6.38. The fraction of sp³-hybridized carbons (Fsp3) is 0.604. The number of aliphatic hydroxyl groups excluding tert-OH is 3. The molecule has 6 unspecified atom stereocenters. The van der Waals surface area contributed by atoms with Crippen LogP contribution in [0.1, 0.15) is 155 Å². The zero-order valence-electron chi connectivity index (χ0n) is 39.0. The van der Waals surface area contributed by atoms with Crippen LogP contribution >= 0.6 is 0 Å². The lowest BCUT2D eigenvalue weighted by Gasteiger charge is -2.38. The van der Waals surface area contributed by atoms with Crippen LogP contribution in [0.25, 0.3) is 0 Å². The average molecular weight is 895 g/mol. The van der Waals surface area contributed by atoms with Gasteiger partial charge < -0.3 is 39.4 Å². The predicted molar refractivity (Wildman–Crippen MR) is 256 cm³/mol. The summed E-state index contributed by atoms with van der Waals surface area (Å²) in [6.07, 6.45) is 48.6. The molecule has 0 saturated carbocycles. The highest BCUT2D eigenvalue weighted by molar-refractivity contribution is 5.73. The second kappa shape index (κ2) is 41.6. The summed E-state index contributed by atoms with van der Waals surface area (Å²) in [6, 6.07) is 0.